The first kappa shape index (κ1) is 25.4. The number of hydrogen-bond donors (Lipinski definition) is 4. The first-order chi connectivity index (χ1) is 17.2. The van der Waals surface area contributed by atoms with E-state index in [1.807, 2.05) is 0 Å². The van der Waals surface area contributed by atoms with E-state index < -0.39 is 41.8 Å². The van der Waals surface area contributed by atoms with Crippen molar-refractivity contribution in [3.05, 3.63) is 22.3 Å². The Labute approximate surface area is 213 Å². The Hall–Kier alpha value is -3.71. The van der Waals surface area contributed by atoms with E-state index in [2.05, 4.69) is 35.8 Å². The van der Waals surface area contributed by atoms with Gasteiger partial charge in [0.1, 0.15) is 22.8 Å². The van der Waals surface area contributed by atoms with E-state index in [-0.39, 0.29) is 28.0 Å². The number of nitrogen functional groups attached to an aromatic ring is 1. The molecule has 4 heterocycles. The zero-order valence-electron chi connectivity index (χ0n) is 18.2. The van der Waals surface area contributed by atoms with Crippen LogP contribution in [-0.4, -0.2) is 99.3 Å². The summed E-state index contributed by atoms with van der Waals surface area (Å²) in [5.41, 5.74) is 5.63. The van der Waals surface area contributed by atoms with E-state index >= 15 is 0 Å². The van der Waals surface area contributed by atoms with Crippen molar-refractivity contribution in [2.75, 3.05) is 23.8 Å². The third kappa shape index (κ3) is 5.11. The highest BCUT2D eigenvalue weighted by Crippen LogP contribution is 2.41. The Morgan fingerprint density at radius 2 is 2.17 bits per heavy atom. The third-order valence-electron chi connectivity index (χ3n) is 4.82. The number of carboxylic acids is 2. The van der Waals surface area contributed by atoms with Crippen LogP contribution in [0.3, 0.4) is 0 Å². The minimum absolute atomic E-state index is 0.0315. The van der Waals surface area contributed by atoms with Gasteiger partial charge in [-0.15, -0.1) is 28.2 Å². The monoisotopic (exact) mass is 555 g/mol. The van der Waals surface area contributed by atoms with Gasteiger partial charge >= 0.3 is 11.9 Å². The van der Waals surface area contributed by atoms with Gasteiger partial charge in [0.2, 0.25) is 11.8 Å². The van der Waals surface area contributed by atoms with Crippen molar-refractivity contribution in [2.24, 2.45) is 12.2 Å². The molecule has 0 saturated carbocycles. The van der Waals surface area contributed by atoms with Crippen molar-refractivity contribution in [1.82, 2.24) is 35.4 Å². The normalized spacial score (nSPS) is 19.5. The molecule has 2 aromatic rings. The summed E-state index contributed by atoms with van der Waals surface area (Å²) in [6.07, 6.45) is 0. The van der Waals surface area contributed by atoms with Crippen LogP contribution in [0.15, 0.2) is 27.0 Å². The van der Waals surface area contributed by atoms with Crippen LogP contribution in [0.5, 0.6) is 0 Å². The SMILES string of the molecule is Cn1nnnc1SCC1=C(C(=O)O)N2C(=O)C(NC(=O)/C(=N\OCC(=O)O)c3csc(N)n3)[C@H]2SC1. The number of nitrogens with zero attached hydrogens (tertiary/aromatic N) is 7. The molecule has 36 heavy (non-hydrogen) atoms. The number of carboxylic acid groups (broad SMARTS) is 2. The van der Waals surface area contributed by atoms with E-state index in [9.17, 15) is 24.3 Å². The van der Waals surface area contributed by atoms with E-state index in [0.717, 1.165) is 16.2 Å². The number of nitrogens with one attached hydrogen (secondary N) is 1. The lowest BCUT2D eigenvalue weighted by atomic mass is 10.0. The second kappa shape index (κ2) is 10.5. The van der Waals surface area contributed by atoms with Crippen LogP contribution in [0, 0.1) is 0 Å². The van der Waals surface area contributed by atoms with Crippen LogP contribution in [0.25, 0.3) is 0 Å². The van der Waals surface area contributed by atoms with Crippen molar-refractivity contribution in [3.8, 4) is 0 Å². The lowest BCUT2D eigenvalue weighted by Crippen LogP contribution is -2.71. The average Bonchev–Trinajstić information content (AvgIpc) is 3.45. The minimum atomic E-state index is -1.31. The largest absolute Gasteiger partial charge is 0.479 e. The van der Waals surface area contributed by atoms with Crippen molar-refractivity contribution in [3.63, 3.8) is 0 Å². The highest BCUT2D eigenvalue weighted by atomic mass is 32.2. The highest BCUT2D eigenvalue weighted by Gasteiger charge is 2.54. The molecule has 1 unspecified atom stereocenters. The van der Waals surface area contributed by atoms with Gasteiger partial charge in [0.05, 0.1) is 0 Å². The average molecular weight is 556 g/mol. The number of carbonyl (C=O) groups is 4. The van der Waals surface area contributed by atoms with Gasteiger partial charge in [0, 0.05) is 23.9 Å². The number of tetrazole rings is 1. The number of thioether (sulfide) groups is 2. The predicted octanol–water partition coefficient (Wildman–Crippen LogP) is -1.41. The van der Waals surface area contributed by atoms with Crippen LogP contribution < -0.4 is 11.1 Å². The van der Waals surface area contributed by atoms with Crippen molar-refractivity contribution >= 4 is 69.5 Å². The summed E-state index contributed by atoms with van der Waals surface area (Å²) >= 11 is 3.54. The standard InChI is InChI=1S/C17H17N9O7S3/c1-25-17(21-23-24-25)36-4-6-3-34-14-10(13(30)26(14)11(6)15(31)32)20-12(29)9(22-33-2-8(27)28)7-5-35-16(18)19-7/h5,10,14H,2-4H2,1H3,(H2,18,19)(H,20,29)(H,27,28)(H,31,32)/b22-9-/t10?,14-/m1/s1. The number of β-lactam (4-membered cyclic amide) rings is 1. The Morgan fingerprint density at radius 3 is 2.78 bits per heavy atom. The third-order valence-corrected chi connectivity index (χ3v) is 7.93. The molecule has 0 aromatic carbocycles. The lowest BCUT2D eigenvalue weighted by molar-refractivity contribution is -0.150. The number of anilines is 1. The first-order valence-corrected chi connectivity index (χ1v) is 12.8. The van der Waals surface area contributed by atoms with Gasteiger partial charge in [-0.05, 0) is 16.0 Å². The summed E-state index contributed by atoms with van der Waals surface area (Å²) in [5, 5.41) is 37.1. The number of nitrogens with two attached hydrogens (primary N) is 1. The summed E-state index contributed by atoms with van der Waals surface area (Å²) in [6, 6.07) is -1.05. The molecule has 2 aliphatic rings. The molecule has 2 amide bonds. The molecule has 0 radical (unpaired) electrons. The fourth-order valence-electron chi connectivity index (χ4n) is 3.25. The molecule has 1 fully saturated rings. The van der Waals surface area contributed by atoms with Crippen LogP contribution >= 0.6 is 34.9 Å². The molecule has 2 atom stereocenters. The Kier molecular flexibility index (Phi) is 7.40. The Morgan fingerprint density at radius 1 is 1.39 bits per heavy atom. The molecule has 16 nitrogen and oxygen atoms in total. The molecule has 0 aliphatic carbocycles. The Balaban J connectivity index is 1.49. The van der Waals surface area contributed by atoms with Crippen LogP contribution in [0.2, 0.25) is 0 Å². The van der Waals surface area contributed by atoms with E-state index in [4.69, 9.17) is 10.8 Å². The molecule has 0 spiro atoms. The van der Waals surface area contributed by atoms with Gasteiger partial charge in [-0.1, -0.05) is 16.9 Å². The summed E-state index contributed by atoms with van der Waals surface area (Å²) in [4.78, 5) is 58.3. The minimum Gasteiger partial charge on any atom is -0.479 e. The highest BCUT2D eigenvalue weighted by molar-refractivity contribution is 8.01. The zero-order chi connectivity index (χ0) is 26.0. The van der Waals surface area contributed by atoms with E-state index in [0.29, 0.717) is 16.5 Å². The van der Waals surface area contributed by atoms with Crippen LogP contribution in [-0.2, 0) is 31.1 Å². The van der Waals surface area contributed by atoms with Gasteiger partial charge in [-0.3, -0.25) is 14.5 Å². The lowest BCUT2D eigenvalue weighted by Gasteiger charge is -2.49. The number of aliphatic carboxylic acids is 2. The second-order valence-electron chi connectivity index (χ2n) is 7.17. The van der Waals surface area contributed by atoms with Gasteiger partial charge < -0.3 is 26.1 Å². The molecule has 1 saturated heterocycles. The molecule has 4 rings (SSSR count). The fourth-order valence-corrected chi connectivity index (χ4v) is 6.13. The number of hydrogen-bond acceptors (Lipinski definition) is 14. The topological polar surface area (TPSA) is 228 Å². The molecular weight excluding hydrogens is 538 g/mol. The number of aromatic nitrogens is 5. The van der Waals surface area contributed by atoms with E-state index in [1.54, 1.807) is 7.05 Å². The van der Waals surface area contributed by atoms with Crippen molar-refractivity contribution in [2.45, 2.75) is 16.6 Å². The molecular formula is C17H17N9O7S3. The van der Waals surface area contributed by atoms with E-state index in [1.165, 1.54) is 33.6 Å². The van der Waals surface area contributed by atoms with Crippen LogP contribution in [0.4, 0.5) is 5.13 Å². The second-order valence-corrected chi connectivity index (χ2v) is 10.1. The van der Waals surface area contributed by atoms with Crippen LogP contribution in [0.1, 0.15) is 5.69 Å². The van der Waals surface area contributed by atoms with Crippen molar-refractivity contribution < 1.29 is 34.2 Å². The number of rotatable bonds is 10. The number of amides is 2. The molecule has 0 bridgehead atoms. The molecule has 5 N–H and O–H groups in total. The predicted molar refractivity (Wildman–Crippen MR) is 126 cm³/mol. The molecule has 2 aliphatic heterocycles. The fraction of sp³-hybridized carbons (Fsp3) is 0.353. The number of carbonyl (C=O) groups excluding carboxylic acids is 2. The molecule has 19 heteroatoms. The summed E-state index contributed by atoms with van der Waals surface area (Å²) in [5.74, 6) is -3.51. The maximum Gasteiger partial charge on any atom is 0.352 e. The first-order valence-electron chi connectivity index (χ1n) is 9.86. The molecule has 190 valence electrons. The maximum atomic E-state index is 12.9. The summed E-state index contributed by atoms with van der Waals surface area (Å²) in [7, 11) is 1.65. The number of oxime groups is 1. The number of thiazole rings is 1. The summed E-state index contributed by atoms with van der Waals surface area (Å²) in [6.45, 7) is -0.803. The number of fused-ring (bicyclic) bond motifs is 1. The van der Waals surface area contributed by atoms with Gasteiger partial charge in [-0.2, -0.15) is 0 Å². The zero-order valence-corrected chi connectivity index (χ0v) is 20.7. The van der Waals surface area contributed by atoms with Crippen molar-refractivity contribution in [1.29, 1.82) is 0 Å². The van der Waals surface area contributed by atoms with Gasteiger partial charge in [0.15, 0.2) is 10.8 Å². The van der Waals surface area contributed by atoms with Gasteiger partial charge in [-0.25, -0.2) is 19.3 Å². The van der Waals surface area contributed by atoms with Gasteiger partial charge in [0.25, 0.3) is 11.8 Å². The smallest absolute Gasteiger partial charge is 0.352 e. The number of aryl methyl sites for hydroxylation is 1. The maximum absolute atomic E-state index is 12.9. The molecule has 2 aromatic heterocycles. The summed E-state index contributed by atoms with van der Waals surface area (Å²) < 4.78 is 1.44. The Bertz CT molecular complexity index is 1290. The quantitative estimate of drug-likeness (QED) is 0.114.